The summed E-state index contributed by atoms with van der Waals surface area (Å²) in [6.07, 6.45) is 6.82. The quantitative estimate of drug-likeness (QED) is 0.574. The third-order valence-corrected chi connectivity index (χ3v) is 4.33. The molecule has 7 nitrogen and oxygen atoms in total. The molecule has 0 aliphatic heterocycles. The Bertz CT molecular complexity index is 949. The largest absolute Gasteiger partial charge is 0.465 e. The van der Waals surface area contributed by atoms with Crippen LogP contribution in [0.5, 0.6) is 0 Å². The fourth-order valence-corrected chi connectivity index (χ4v) is 2.84. The van der Waals surface area contributed by atoms with Gasteiger partial charge in [-0.25, -0.2) is 4.79 Å². The maximum absolute atomic E-state index is 13.0. The van der Waals surface area contributed by atoms with Crippen molar-refractivity contribution in [1.29, 1.82) is 0 Å². The molecule has 0 aliphatic carbocycles. The first-order chi connectivity index (χ1) is 14.2. The van der Waals surface area contributed by atoms with Crippen LogP contribution >= 0.6 is 0 Å². The van der Waals surface area contributed by atoms with Crippen LogP contribution in [0.1, 0.15) is 33.1 Å². The van der Waals surface area contributed by atoms with Crippen molar-refractivity contribution in [3.63, 3.8) is 0 Å². The lowest BCUT2D eigenvalue weighted by molar-refractivity contribution is -0.123. The first-order valence-corrected chi connectivity index (χ1v) is 9.14. The van der Waals surface area contributed by atoms with Crippen LogP contribution in [0.15, 0.2) is 73.3 Å². The van der Waals surface area contributed by atoms with E-state index in [-0.39, 0.29) is 5.91 Å². The number of benzene rings is 1. The van der Waals surface area contributed by atoms with E-state index in [1.165, 1.54) is 7.11 Å². The predicted octanol–water partition coefficient (Wildman–Crippen LogP) is 2.41. The molecule has 0 fully saturated rings. The number of hydrogen-bond donors (Lipinski definition) is 2. The van der Waals surface area contributed by atoms with Gasteiger partial charge >= 0.3 is 5.97 Å². The number of aromatic nitrogens is 2. The zero-order valence-electron chi connectivity index (χ0n) is 16.0. The van der Waals surface area contributed by atoms with Crippen molar-refractivity contribution < 1.29 is 14.3 Å². The molecule has 0 bridgehead atoms. The molecule has 148 valence electrons. The highest BCUT2D eigenvalue weighted by molar-refractivity contribution is 5.90. The number of pyridine rings is 2. The summed E-state index contributed by atoms with van der Waals surface area (Å²) in [7, 11) is 1.33. The molecular formula is C22H22N4O3. The Kier molecular flexibility index (Phi) is 7.02. The van der Waals surface area contributed by atoms with E-state index in [1.807, 2.05) is 24.3 Å². The first-order valence-electron chi connectivity index (χ1n) is 9.14. The van der Waals surface area contributed by atoms with Gasteiger partial charge in [-0.3, -0.25) is 20.1 Å². The number of nitrogens with one attached hydrogen (secondary N) is 2. The molecule has 0 saturated heterocycles. The van der Waals surface area contributed by atoms with Gasteiger partial charge in [0.05, 0.1) is 12.7 Å². The lowest BCUT2D eigenvalue weighted by Crippen LogP contribution is -2.37. The topological polar surface area (TPSA) is 93.2 Å². The van der Waals surface area contributed by atoms with Crippen LogP contribution in [0.4, 0.5) is 0 Å². The molecule has 7 heteroatoms. The van der Waals surface area contributed by atoms with E-state index >= 15 is 0 Å². The van der Waals surface area contributed by atoms with Crippen LogP contribution in [0.25, 0.3) is 0 Å². The Morgan fingerprint density at radius 1 is 0.966 bits per heavy atom. The summed E-state index contributed by atoms with van der Waals surface area (Å²) in [5, 5.41) is 6.18. The molecular weight excluding hydrogens is 368 g/mol. The molecule has 3 aromatic rings. The average molecular weight is 390 g/mol. The molecule has 1 atom stereocenters. The zero-order chi connectivity index (χ0) is 20.5. The molecule has 1 amide bonds. The van der Waals surface area contributed by atoms with Gasteiger partial charge in [-0.2, -0.15) is 0 Å². The van der Waals surface area contributed by atoms with Crippen molar-refractivity contribution in [1.82, 2.24) is 20.6 Å². The van der Waals surface area contributed by atoms with E-state index in [9.17, 15) is 9.59 Å². The molecule has 2 N–H and O–H groups in total. The summed E-state index contributed by atoms with van der Waals surface area (Å²) >= 11 is 0. The van der Waals surface area contributed by atoms with Crippen molar-refractivity contribution >= 4 is 11.9 Å². The Morgan fingerprint density at radius 2 is 1.66 bits per heavy atom. The minimum atomic E-state index is -0.656. The highest BCUT2D eigenvalue weighted by atomic mass is 16.5. The molecule has 3 rings (SSSR count). The Hall–Kier alpha value is -3.58. The molecule has 1 unspecified atom stereocenters. The third kappa shape index (κ3) is 5.70. The van der Waals surface area contributed by atoms with Gasteiger partial charge in [-0.15, -0.1) is 0 Å². The van der Waals surface area contributed by atoms with Gasteiger partial charge in [0, 0.05) is 37.9 Å². The normalized spacial score (nSPS) is 11.5. The second kappa shape index (κ2) is 10.1. The number of ether oxygens (including phenoxy) is 1. The maximum atomic E-state index is 13.0. The molecule has 29 heavy (non-hydrogen) atoms. The van der Waals surface area contributed by atoms with Gasteiger partial charge in [0.2, 0.25) is 5.91 Å². The number of esters is 1. The highest BCUT2D eigenvalue weighted by Gasteiger charge is 2.21. The minimum absolute atomic E-state index is 0.209. The van der Waals surface area contributed by atoms with Crippen molar-refractivity contribution in [3.8, 4) is 0 Å². The van der Waals surface area contributed by atoms with E-state index in [4.69, 9.17) is 4.74 Å². The maximum Gasteiger partial charge on any atom is 0.337 e. The van der Waals surface area contributed by atoms with Crippen molar-refractivity contribution in [2.45, 2.75) is 19.1 Å². The Morgan fingerprint density at radius 3 is 2.28 bits per heavy atom. The van der Waals surface area contributed by atoms with E-state index in [1.54, 1.807) is 49.1 Å². The van der Waals surface area contributed by atoms with Gasteiger partial charge in [0.15, 0.2) is 0 Å². The third-order valence-electron chi connectivity index (χ3n) is 4.33. The molecule has 2 aromatic heterocycles. The van der Waals surface area contributed by atoms with Gasteiger partial charge in [-0.1, -0.05) is 24.3 Å². The van der Waals surface area contributed by atoms with Gasteiger partial charge < -0.3 is 10.1 Å². The summed E-state index contributed by atoms with van der Waals surface area (Å²) in [6.45, 7) is 0.801. The SMILES string of the molecule is COC(=O)c1cccc(C(NCc2cccnc2)C(=O)NCc2cccnc2)c1. The highest BCUT2D eigenvalue weighted by Crippen LogP contribution is 2.17. The summed E-state index contributed by atoms with van der Waals surface area (Å²) in [5.41, 5.74) is 2.90. The van der Waals surface area contributed by atoms with Crippen LogP contribution in [-0.4, -0.2) is 29.0 Å². The number of carbonyl (C=O) groups excluding carboxylic acids is 2. The number of methoxy groups -OCH3 is 1. The van der Waals surface area contributed by atoms with Crippen molar-refractivity contribution in [2.75, 3.05) is 7.11 Å². The smallest absolute Gasteiger partial charge is 0.337 e. The van der Waals surface area contributed by atoms with Crippen LogP contribution in [0.2, 0.25) is 0 Å². The van der Waals surface area contributed by atoms with E-state index < -0.39 is 12.0 Å². The molecule has 2 heterocycles. The van der Waals surface area contributed by atoms with Gasteiger partial charge in [0.1, 0.15) is 6.04 Å². The van der Waals surface area contributed by atoms with Crippen LogP contribution in [0, 0.1) is 0 Å². The summed E-state index contributed by atoms with van der Waals surface area (Å²) in [5.74, 6) is -0.659. The van der Waals surface area contributed by atoms with Gasteiger partial charge in [-0.05, 0) is 41.0 Å². The predicted molar refractivity (Wildman–Crippen MR) is 108 cm³/mol. The molecule has 0 spiro atoms. The lowest BCUT2D eigenvalue weighted by atomic mass is 10.0. The minimum Gasteiger partial charge on any atom is -0.465 e. The standard InChI is InChI=1S/C22H22N4O3/c1-29-22(28)19-8-2-7-18(11-19)20(25-14-16-5-3-9-23-12-16)21(27)26-15-17-6-4-10-24-13-17/h2-13,20,25H,14-15H2,1H3,(H,26,27). The second-order valence-electron chi connectivity index (χ2n) is 6.37. The van der Waals surface area contributed by atoms with E-state index in [0.717, 1.165) is 11.1 Å². The van der Waals surface area contributed by atoms with Crippen LogP contribution < -0.4 is 10.6 Å². The summed E-state index contributed by atoms with van der Waals surface area (Å²) in [6, 6.07) is 13.7. The Balaban J connectivity index is 1.78. The van der Waals surface area contributed by atoms with Gasteiger partial charge in [0.25, 0.3) is 0 Å². The molecule has 0 saturated carbocycles. The zero-order valence-corrected chi connectivity index (χ0v) is 16.0. The molecule has 1 aromatic carbocycles. The van der Waals surface area contributed by atoms with Crippen LogP contribution in [0.3, 0.4) is 0 Å². The van der Waals surface area contributed by atoms with E-state index in [0.29, 0.717) is 24.2 Å². The molecule has 0 aliphatic rings. The number of nitrogens with zero attached hydrogens (tertiary/aromatic N) is 2. The Labute approximate surface area is 169 Å². The lowest BCUT2D eigenvalue weighted by Gasteiger charge is -2.19. The monoisotopic (exact) mass is 390 g/mol. The summed E-state index contributed by atoms with van der Waals surface area (Å²) in [4.78, 5) is 33.0. The molecule has 0 radical (unpaired) electrons. The number of carbonyl (C=O) groups is 2. The average Bonchev–Trinajstić information content (AvgIpc) is 2.79. The van der Waals surface area contributed by atoms with E-state index in [2.05, 4.69) is 20.6 Å². The number of hydrogen-bond acceptors (Lipinski definition) is 6. The van der Waals surface area contributed by atoms with Crippen molar-refractivity contribution in [3.05, 3.63) is 95.6 Å². The second-order valence-corrected chi connectivity index (χ2v) is 6.37. The fraction of sp³-hybridized carbons (Fsp3) is 0.182. The summed E-state index contributed by atoms with van der Waals surface area (Å²) < 4.78 is 4.79. The number of rotatable bonds is 8. The van der Waals surface area contributed by atoms with Crippen molar-refractivity contribution in [2.24, 2.45) is 0 Å². The number of amides is 1. The first kappa shape index (κ1) is 20.2. The fourth-order valence-electron chi connectivity index (χ4n) is 2.84. The van der Waals surface area contributed by atoms with Crippen LogP contribution in [-0.2, 0) is 22.6 Å².